The Bertz CT molecular complexity index is 597. The second-order valence-electron chi connectivity index (χ2n) is 12.5. The molecule has 0 aliphatic carbocycles. The van der Waals surface area contributed by atoms with Crippen LogP contribution in [0.15, 0.2) is 24.3 Å². The topological polar surface area (TPSA) is 123 Å². The van der Waals surface area contributed by atoms with E-state index in [4.69, 9.17) is 9.47 Å². The molecule has 0 atom stereocenters. The van der Waals surface area contributed by atoms with Gasteiger partial charge in [0.05, 0.1) is 13.2 Å². The molecule has 0 amide bonds. The van der Waals surface area contributed by atoms with Gasteiger partial charge in [0.2, 0.25) is 0 Å². The van der Waals surface area contributed by atoms with E-state index in [0.29, 0.717) is 32.5 Å². The van der Waals surface area contributed by atoms with Gasteiger partial charge < -0.3 is 21.8 Å². The summed E-state index contributed by atoms with van der Waals surface area (Å²) in [6, 6.07) is 0. The molecule has 0 saturated heterocycles. The molecule has 0 heterocycles. The lowest BCUT2D eigenvalue weighted by atomic mass is 10.1. The van der Waals surface area contributed by atoms with E-state index in [0.717, 1.165) is 25.7 Å². The van der Waals surface area contributed by atoms with Gasteiger partial charge in [-0.2, -0.15) is 0 Å². The van der Waals surface area contributed by atoms with E-state index in [1.807, 2.05) is 0 Å². The summed E-state index contributed by atoms with van der Waals surface area (Å²) in [4.78, 5) is 23.8. The van der Waals surface area contributed by atoms with E-state index in [2.05, 4.69) is 38.2 Å². The summed E-state index contributed by atoms with van der Waals surface area (Å²) in [7, 11) is 0. The van der Waals surface area contributed by atoms with E-state index in [1.54, 1.807) is 0 Å². The lowest BCUT2D eigenvalue weighted by Gasteiger charge is -2.06. The van der Waals surface area contributed by atoms with Crippen molar-refractivity contribution in [1.82, 2.24) is 12.3 Å². The summed E-state index contributed by atoms with van der Waals surface area (Å²) in [6.07, 6.45) is 43.5. The average molecular weight is 639 g/mol. The molecule has 0 aromatic carbocycles. The van der Waals surface area contributed by atoms with Crippen molar-refractivity contribution in [2.24, 2.45) is 0 Å². The lowest BCUT2D eigenvalue weighted by Crippen LogP contribution is -2.10. The van der Waals surface area contributed by atoms with Crippen LogP contribution in [0.5, 0.6) is 0 Å². The number of hydrogen-bond donors (Lipinski definition) is 2. The number of carbonyl (C=O) groups excluding carboxylic acids is 2. The zero-order valence-corrected chi connectivity index (χ0v) is 30.3. The summed E-state index contributed by atoms with van der Waals surface area (Å²) in [5, 5.41) is 0. The fraction of sp³-hybridized carbons (Fsp3) is 0.846. The Morgan fingerprint density at radius 2 is 0.644 bits per heavy atom. The van der Waals surface area contributed by atoms with Crippen LogP contribution < -0.4 is 12.3 Å². The molecule has 0 rings (SSSR count). The second-order valence-corrected chi connectivity index (χ2v) is 12.5. The Hall–Kier alpha value is -1.66. The van der Waals surface area contributed by atoms with E-state index >= 15 is 0 Å². The van der Waals surface area contributed by atoms with Gasteiger partial charge in [-0.1, -0.05) is 141 Å². The molecule has 0 radical (unpaired) electrons. The van der Waals surface area contributed by atoms with Crippen LogP contribution >= 0.6 is 0 Å². The highest BCUT2D eigenvalue weighted by atomic mass is 16.5. The third kappa shape index (κ3) is 42.3. The van der Waals surface area contributed by atoms with Crippen molar-refractivity contribution in [3.05, 3.63) is 24.3 Å². The van der Waals surface area contributed by atoms with Gasteiger partial charge in [-0.25, -0.2) is 0 Å². The van der Waals surface area contributed by atoms with Gasteiger partial charge in [0.1, 0.15) is 0 Å². The van der Waals surface area contributed by atoms with Crippen LogP contribution in [0.4, 0.5) is 0 Å². The van der Waals surface area contributed by atoms with Gasteiger partial charge in [0.25, 0.3) is 0 Å². The lowest BCUT2D eigenvalue weighted by molar-refractivity contribution is -0.146. The molecular formula is C39H78N2O4. The molecule has 0 aromatic heterocycles. The predicted octanol–water partition coefficient (Wildman–Crippen LogP) is 12.9. The second kappa shape index (κ2) is 42.3. The fourth-order valence-electron chi connectivity index (χ4n) is 5.26. The van der Waals surface area contributed by atoms with Crippen molar-refractivity contribution in [3.8, 4) is 0 Å². The van der Waals surface area contributed by atoms with E-state index in [-0.39, 0.29) is 24.2 Å². The number of esters is 2. The standard InChI is InChI=1S/C39H72O4.2H3N/c1-3-5-7-9-11-13-15-17-19-21-23-25-27-29-31-34-38(40)42-36-33-37-43-39(41)35-32-30-28-26-24-22-20-18-16-14-12-10-8-6-4-2;;/h17-20H,3-16,21-37H2,1-2H3;2*1H3/b19-17-,20-18-;;. The SMILES string of the molecule is CCCCCCCC/C=C\CCCCCCCC(=O)OCCCOC(=O)CCCCCCC/C=C\CCCCCCCC.N.N. The maximum Gasteiger partial charge on any atom is 0.305 e. The number of rotatable bonds is 34. The molecule has 6 N–H and O–H groups in total. The molecule has 6 heteroatoms. The third-order valence-corrected chi connectivity index (χ3v) is 8.10. The Labute approximate surface area is 280 Å². The van der Waals surface area contributed by atoms with Gasteiger partial charge in [0.15, 0.2) is 0 Å². The molecular weight excluding hydrogens is 560 g/mol. The van der Waals surface area contributed by atoms with Crippen LogP contribution in [-0.2, 0) is 19.1 Å². The zero-order chi connectivity index (χ0) is 31.3. The molecule has 0 aliphatic heterocycles. The summed E-state index contributed by atoms with van der Waals surface area (Å²) >= 11 is 0. The normalized spacial score (nSPS) is 11.1. The van der Waals surface area contributed by atoms with E-state index < -0.39 is 0 Å². The first-order chi connectivity index (χ1) is 21.2. The molecule has 0 aromatic rings. The minimum atomic E-state index is -0.128. The van der Waals surface area contributed by atoms with Crippen LogP contribution in [-0.4, -0.2) is 25.2 Å². The molecule has 0 spiro atoms. The number of hydrogen-bond acceptors (Lipinski definition) is 6. The first-order valence-corrected chi connectivity index (χ1v) is 18.8. The largest absolute Gasteiger partial charge is 0.466 e. The number of allylic oxidation sites excluding steroid dienone is 4. The van der Waals surface area contributed by atoms with Crippen molar-refractivity contribution in [1.29, 1.82) is 0 Å². The summed E-state index contributed by atoms with van der Waals surface area (Å²) in [6.45, 7) is 5.21. The van der Waals surface area contributed by atoms with Gasteiger partial charge in [-0.3, -0.25) is 9.59 Å². The monoisotopic (exact) mass is 639 g/mol. The van der Waals surface area contributed by atoms with Crippen molar-refractivity contribution in [3.63, 3.8) is 0 Å². The van der Waals surface area contributed by atoms with Crippen molar-refractivity contribution in [2.75, 3.05) is 13.2 Å². The molecule has 0 fully saturated rings. The number of unbranched alkanes of at least 4 members (excludes halogenated alkanes) is 22. The summed E-state index contributed by atoms with van der Waals surface area (Å²) < 4.78 is 10.6. The Balaban J connectivity index is -0.00000882. The maximum absolute atomic E-state index is 11.9. The molecule has 0 aliphatic rings. The van der Waals surface area contributed by atoms with Crippen LogP contribution in [0.3, 0.4) is 0 Å². The molecule has 0 bridgehead atoms. The van der Waals surface area contributed by atoms with Crippen LogP contribution in [0.2, 0.25) is 0 Å². The highest BCUT2D eigenvalue weighted by Gasteiger charge is 2.05. The van der Waals surface area contributed by atoms with Gasteiger partial charge in [-0.05, 0) is 64.2 Å². The zero-order valence-electron chi connectivity index (χ0n) is 30.3. The number of ether oxygens (including phenoxy) is 2. The number of carbonyl (C=O) groups is 2. The van der Waals surface area contributed by atoms with Gasteiger partial charge in [0, 0.05) is 19.3 Å². The average Bonchev–Trinajstić information content (AvgIpc) is 3.00. The minimum Gasteiger partial charge on any atom is -0.466 e. The molecule has 6 nitrogen and oxygen atoms in total. The predicted molar refractivity (Wildman–Crippen MR) is 195 cm³/mol. The Kier molecular flexibility index (Phi) is 44.9. The molecule has 0 saturated carbocycles. The van der Waals surface area contributed by atoms with E-state index in [9.17, 15) is 9.59 Å². The summed E-state index contributed by atoms with van der Waals surface area (Å²) in [5.74, 6) is -0.255. The quantitative estimate of drug-likeness (QED) is 0.0410. The third-order valence-electron chi connectivity index (χ3n) is 8.10. The first-order valence-electron chi connectivity index (χ1n) is 18.8. The van der Waals surface area contributed by atoms with Crippen molar-refractivity contribution in [2.45, 2.75) is 200 Å². The first kappa shape index (κ1) is 47.7. The van der Waals surface area contributed by atoms with Gasteiger partial charge in [-0.15, -0.1) is 0 Å². The van der Waals surface area contributed by atoms with Crippen molar-refractivity contribution >= 4 is 11.9 Å². The highest BCUT2D eigenvalue weighted by molar-refractivity contribution is 5.69. The van der Waals surface area contributed by atoms with Gasteiger partial charge >= 0.3 is 11.9 Å². The summed E-state index contributed by atoms with van der Waals surface area (Å²) in [5.41, 5.74) is 0. The molecule has 0 unspecified atom stereocenters. The highest BCUT2D eigenvalue weighted by Crippen LogP contribution is 2.12. The molecule has 45 heavy (non-hydrogen) atoms. The smallest absolute Gasteiger partial charge is 0.305 e. The molecule has 268 valence electrons. The maximum atomic E-state index is 11.9. The fourth-order valence-corrected chi connectivity index (χ4v) is 5.26. The van der Waals surface area contributed by atoms with Crippen molar-refractivity contribution < 1.29 is 19.1 Å². The van der Waals surface area contributed by atoms with E-state index in [1.165, 1.54) is 141 Å². The minimum absolute atomic E-state index is 0. The Morgan fingerprint density at radius 3 is 0.956 bits per heavy atom. The Morgan fingerprint density at radius 1 is 0.378 bits per heavy atom. The van der Waals surface area contributed by atoms with Crippen LogP contribution in [0.1, 0.15) is 200 Å². The van der Waals surface area contributed by atoms with Crippen LogP contribution in [0.25, 0.3) is 0 Å². The van der Waals surface area contributed by atoms with Crippen LogP contribution in [0, 0.1) is 0 Å².